The van der Waals surface area contributed by atoms with E-state index >= 15 is 0 Å². The number of methoxy groups -OCH3 is 2. The summed E-state index contributed by atoms with van der Waals surface area (Å²) in [4.78, 5) is 17.5. The van der Waals surface area contributed by atoms with Gasteiger partial charge in [-0.25, -0.2) is 13.4 Å². The Labute approximate surface area is 202 Å². The first-order chi connectivity index (χ1) is 16.3. The van der Waals surface area contributed by atoms with Gasteiger partial charge in [-0.2, -0.15) is 4.31 Å². The first kappa shape index (κ1) is 24.1. The van der Waals surface area contributed by atoms with E-state index in [1.54, 1.807) is 45.4 Å². The molecule has 0 radical (unpaired) electrons. The smallest absolute Gasteiger partial charge is 0.257 e. The highest BCUT2D eigenvalue weighted by Crippen LogP contribution is 2.35. The van der Waals surface area contributed by atoms with Crippen LogP contribution in [0.5, 0.6) is 11.5 Å². The van der Waals surface area contributed by atoms with Gasteiger partial charge in [-0.05, 0) is 36.8 Å². The van der Waals surface area contributed by atoms with E-state index in [0.29, 0.717) is 41.1 Å². The molecule has 1 aliphatic rings. The number of benzene rings is 2. The second-order valence-corrected chi connectivity index (χ2v) is 10.3. The van der Waals surface area contributed by atoms with Crippen LogP contribution in [0.25, 0.3) is 11.3 Å². The lowest BCUT2D eigenvalue weighted by Crippen LogP contribution is -2.40. The van der Waals surface area contributed by atoms with Crippen LogP contribution in [-0.4, -0.2) is 64.1 Å². The zero-order valence-corrected chi connectivity index (χ0v) is 20.7. The molecule has 1 N–H and O–H groups in total. The summed E-state index contributed by atoms with van der Waals surface area (Å²) in [7, 11) is -0.591. The van der Waals surface area contributed by atoms with Crippen molar-refractivity contribution in [2.24, 2.45) is 0 Å². The van der Waals surface area contributed by atoms with Gasteiger partial charge in [0.15, 0.2) is 5.13 Å². The number of morpholine rings is 1. The number of amides is 1. The standard InChI is InChI=1S/C23H25N3O6S2/c1-15-4-5-16(12-21(15)34(28,29)26-8-10-32-11-9-26)22(27)25-23-24-19(14-33-23)18-7-6-17(30-2)13-20(18)31-3/h4-7,12-14H,8-11H2,1-3H3,(H,24,25,27). The molecule has 180 valence electrons. The molecule has 1 amide bonds. The van der Waals surface area contributed by atoms with Crippen molar-refractivity contribution in [3.8, 4) is 22.8 Å². The van der Waals surface area contributed by atoms with E-state index in [4.69, 9.17) is 14.2 Å². The minimum Gasteiger partial charge on any atom is -0.497 e. The van der Waals surface area contributed by atoms with Crippen molar-refractivity contribution < 1.29 is 27.4 Å². The summed E-state index contributed by atoms with van der Waals surface area (Å²) in [5.41, 5.74) is 2.20. The Hall–Kier alpha value is -2.99. The SMILES string of the molecule is COc1ccc(-c2csc(NC(=O)c3ccc(C)c(S(=O)(=O)N4CCOCC4)c3)n2)c(OC)c1. The van der Waals surface area contributed by atoms with Crippen LogP contribution < -0.4 is 14.8 Å². The molecule has 2 heterocycles. The predicted octanol–water partition coefficient (Wildman–Crippen LogP) is 3.41. The molecule has 4 rings (SSSR count). The maximum Gasteiger partial charge on any atom is 0.257 e. The van der Waals surface area contributed by atoms with Crippen LogP contribution in [0.15, 0.2) is 46.7 Å². The zero-order chi connectivity index (χ0) is 24.3. The third kappa shape index (κ3) is 4.92. The van der Waals surface area contributed by atoms with Crippen LogP contribution in [0.1, 0.15) is 15.9 Å². The number of aryl methyl sites for hydroxylation is 1. The second-order valence-electron chi connectivity index (χ2n) is 7.55. The Bertz CT molecular complexity index is 1300. The number of hydrogen-bond acceptors (Lipinski definition) is 8. The van der Waals surface area contributed by atoms with Crippen molar-refractivity contribution in [3.63, 3.8) is 0 Å². The fourth-order valence-corrected chi connectivity index (χ4v) is 5.94. The predicted molar refractivity (Wildman–Crippen MR) is 129 cm³/mol. The minimum absolute atomic E-state index is 0.116. The minimum atomic E-state index is -3.73. The lowest BCUT2D eigenvalue weighted by molar-refractivity contribution is 0.0730. The molecule has 1 aromatic heterocycles. The molecule has 0 bridgehead atoms. The summed E-state index contributed by atoms with van der Waals surface area (Å²) in [6.45, 7) is 2.99. The average Bonchev–Trinajstić information content (AvgIpc) is 3.32. The number of thiazole rings is 1. The number of aromatic nitrogens is 1. The van der Waals surface area contributed by atoms with E-state index in [-0.39, 0.29) is 23.5 Å². The van der Waals surface area contributed by atoms with Crippen LogP contribution in [0, 0.1) is 6.92 Å². The number of nitrogens with one attached hydrogen (secondary N) is 1. The van der Waals surface area contributed by atoms with E-state index in [0.717, 1.165) is 5.56 Å². The summed E-state index contributed by atoms with van der Waals surface area (Å²) >= 11 is 1.26. The summed E-state index contributed by atoms with van der Waals surface area (Å²) < 4.78 is 43.5. The number of sulfonamides is 1. The van der Waals surface area contributed by atoms with Gasteiger partial charge in [0.25, 0.3) is 5.91 Å². The number of carbonyl (C=O) groups excluding carboxylic acids is 1. The summed E-state index contributed by atoms with van der Waals surface area (Å²) in [5, 5.41) is 4.95. The van der Waals surface area contributed by atoms with Crippen molar-refractivity contribution in [2.45, 2.75) is 11.8 Å². The van der Waals surface area contributed by atoms with Gasteiger partial charge < -0.3 is 14.2 Å². The fraction of sp³-hybridized carbons (Fsp3) is 0.304. The molecule has 0 atom stereocenters. The first-order valence-electron chi connectivity index (χ1n) is 10.5. The van der Waals surface area contributed by atoms with Gasteiger partial charge in [0, 0.05) is 35.7 Å². The Balaban J connectivity index is 1.55. The van der Waals surface area contributed by atoms with Crippen molar-refractivity contribution >= 4 is 32.4 Å². The maximum atomic E-state index is 13.1. The Kier molecular flexibility index (Phi) is 7.17. The van der Waals surface area contributed by atoms with Crippen LogP contribution in [0.4, 0.5) is 5.13 Å². The molecule has 0 unspecified atom stereocenters. The van der Waals surface area contributed by atoms with Crippen molar-refractivity contribution in [1.29, 1.82) is 0 Å². The molecule has 0 saturated carbocycles. The summed E-state index contributed by atoms with van der Waals surface area (Å²) in [5.74, 6) is 0.812. The number of hydrogen-bond donors (Lipinski definition) is 1. The number of anilines is 1. The summed E-state index contributed by atoms with van der Waals surface area (Å²) in [6, 6.07) is 10.0. The van der Waals surface area contributed by atoms with Crippen LogP contribution in [0.3, 0.4) is 0 Å². The number of carbonyl (C=O) groups is 1. The van der Waals surface area contributed by atoms with E-state index in [1.165, 1.54) is 21.7 Å². The Morgan fingerprint density at radius 3 is 2.59 bits per heavy atom. The highest BCUT2D eigenvalue weighted by molar-refractivity contribution is 7.89. The first-order valence-corrected chi connectivity index (χ1v) is 12.8. The highest BCUT2D eigenvalue weighted by atomic mass is 32.2. The van der Waals surface area contributed by atoms with Gasteiger partial charge in [-0.1, -0.05) is 6.07 Å². The fourth-order valence-electron chi connectivity index (χ4n) is 3.58. The number of nitrogens with zero attached hydrogens (tertiary/aromatic N) is 2. The largest absolute Gasteiger partial charge is 0.497 e. The highest BCUT2D eigenvalue weighted by Gasteiger charge is 2.28. The Morgan fingerprint density at radius 1 is 1.12 bits per heavy atom. The summed E-state index contributed by atoms with van der Waals surface area (Å²) in [6.07, 6.45) is 0. The van der Waals surface area contributed by atoms with Gasteiger partial charge in [0.1, 0.15) is 11.5 Å². The number of ether oxygens (including phenoxy) is 3. The topological polar surface area (TPSA) is 107 Å². The molecule has 0 aliphatic carbocycles. The van der Waals surface area contributed by atoms with Gasteiger partial charge in [-0.3, -0.25) is 10.1 Å². The zero-order valence-electron chi connectivity index (χ0n) is 19.0. The molecular weight excluding hydrogens is 478 g/mol. The van der Waals surface area contributed by atoms with Gasteiger partial charge in [-0.15, -0.1) is 11.3 Å². The molecule has 2 aromatic carbocycles. The second kappa shape index (κ2) is 10.1. The van der Waals surface area contributed by atoms with Gasteiger partial charge in [0.05, 0.1) is 38.0 Å². The molecule has 0 spiro atoms. The van der Waals surface area contributed by atoms with Crippen LogP contribution in [-0.2, 0) is 14.8 Å². The third-order valence-electron chi connectivity index (χ3n) is 5.45. The average molecular weight is 504 g/mol. The molecule has 3 aromatic rings. The third-order valence-corrected chi connectivity index (χ3v) is 8.25. The van der Waals surface area contributed by atoms with E-state index < -0.39 is 15.9 Å². The molecular formula is C23H25N3O6S2. The van der Waals surface area contributed by atoms with Crippen LogP contribution >= 0.6 is 11.3 Å². The molecule has 1 aliphatic heterocycles. The van der Waals surface area contributed by atoms with Gasteiger partial charge in [0.2, 0.25) is 10.0 Å². The maximum absolute atomic E-state index is 13.1. The van der Waals surface area contributed by atoms with Crippen molar-refractivity contribution in [3.05, 3.63) is 52.9 Å². The van der Waals surface area contributed by atoms with E-state index in [9.17, 15) is 13.2 Å². The van der Waals surface area contributed by atoms with Gasteiger partial charge >= 0.3 is 0 Å². The van der Waals surface area contributed by atoms with Crippen molar-refractivity contribution in [2.75, 3.05) is 45.8 Å². The molecule has 9 nitrogen and oxygen atoms in total. The number of rotatable bonds is 7. The van der Waals surface area contributed by atoms with Crippen molar-refractivity contribution in [1.82, 2.24) is 9.29 Å². The lowest BCUT2D eigenvalue weighted by atomic mass is 10.1. The quantitative estimate of drug-likeness (QED) is 0.527. The van der Waals surface area contributed by atoms with Crippen LogP contribution in [0.2, 0.25) is 0 Å². The molecule has 11 heteroatoms. The monoisotopic (exact) mass is 503 g/mol. The molecule has 1 fully saturated rings. The van der Waals surface area contributed by atoms with E-state index in [2.05, 4.69) is 10.3 Å². The van der Waals surface area contributed by atoms with E-state index in [1.807, 2.05) is 11.4 Å². The molecule has 34 heavy (non-hydrogen) atoms. The Morgan fingerprint density at radius 2 is 1.88 bits per heavy atom. The normalized spacial score (nSPS) is 14.6. The molecule has 1 saturated heterocycles. The lowest BCUT2D eigenvalue weighted by Gasteiger charge is -2.26.